The zero-order valence-electron chi connectivity index (χ0n) is 14.1. The van der Waals surface area contributed by atoms with Crippen molar-refractivity contribution in [2.24, 2.45) is 0 Å². The van der Waals surface area contributed by atoms with E-state index in [-0.39, 0.29) is 18.0 Å². The minimum atomic E-state index is -0.247. The van der Waals surface area contributed by atoms with Gasteiger partial charge in [-0.2, -0.15) is 0 Å². The highest BCUT2D eigenvalue weighted by Gasteiger charge is 2.18. The Kier molecular flexibility index (Phi) is 3.87. The third-order valence-corrected chi connectivity index (χ3v) is 5.71. The van der Waals surface area contributed by atoms with E-state index in [9.17, 15) is 9.59 Å². The fraction of sp³-hybridized carbons (Fsp3) is 0.438. The number of hydrogen-bond acceptors (Lipinski definition) is 6. The summed E-state index contributed by atoms with van der Waals surface area (Å²) in [7, 11) is 0. The molecule has 1 aliphatic rings. The van der Waals surface area contributed by atoms with Crippen LogP contribution in [0.5, 0.6) is 0 Å². The molecule has 3 aromatic rings. The maximum absolute atomic E-state index is 12.6. The Bertz CT molecular complexity index is 1030. The summed E-state index contributed by atoms with van der Waals surface area (Å²) in [6.45, 7) is 5.02. The number of amides is 1. The van der Waals surface area contributed by atoms with Crippen LogP contribution in [0.15, 0.2) is 11.1 Å². The van der Waals surface area contributed by atoms with Crippen LogP contribution in [0.3, 0.4) is 0 Å². The number of hydrogen-bond donors (Lipinski definition) is 1. The molecule has 0 aliphatic carbocycles. The summed E-state index contributed by atoms with van der Waals surface area (Å²) in [6, 6.07) is 0. The summed E-state index contributed by atoms with van der Waals surface area (Å²) < 4.78 is 3.39. The Hall–Kier alpha value is -2.55. The molecule has 0 bridgehead atoms. The van der Waals surface area contributed by atoms with Crippen molar-refractivity contribution in [2.45, 2.75) is 46.3 Å². The van der Waals surface area contributed by atoms with E-state index in [0.717, 1.165) is 46.3 Å². The molecule has 1 N–H and O–H groups in total. The molecule has 1 aliphatic heterocycles. The molecule has 4 heterocycles. The third kappa shape index (κ3) is 2.74. The summed E-state index contributed by atoms with van der Waals surface area (Å²) in [4.78, 5) is 30.9. The largest absolute Gasteiger partial charge is 0.347 e. The van der Waals surface area contributed by atoms with Gasteiger partial charge in [-0.05, 0) is 25.8 Å². The van der Waals surface area contributed by atoms with Crippen LogP contribution >= 0.6 is 11.3 Å². The van der Waals surface area contributed by atoms with Crippen LogP contribution < -0.4 is 10.9 Å². The lowest BCUT2D eigenvalue weighted by atomic mass is 10.2. The fourth-order valence-electron chi connectivity index (χ4n) is 3.11. The Morgan fingerprint density at radius 2 is 2.20 bits per heavy atom. The fourth-order valence-corrected chi connectivity index (χ4v) is 4.10. The number of nitrogens with zero attached hydrogens (tertiary/aromatic N) is 5. The zero-order valence-corrected chi connectivity index (χ0v) is 14.9. The van der Waals surface area contributed by atoms with E-state index in [2.05, 4.69) is 20.5 Å². The van der Waals surface area contributed by atoms with Gasteiger partial charge in [-0.3, -0.25) is 14.2 Å². The molecule has 8 nitrogen and oxygen atoms in total. The quantitative estimate of drug-likeness (QED) is 0.749. The van der Waals surface area contributed by atoms with Crippen LogP contribution in [0.1, 0.15) is 28.5 Å². The summed E-state index contributed by atoms with van der Waals surface area (Å²) in [5.74, 6) is 1.48. The molecule has 25 heavy (non-hydrogen) atoms. The van der Waals surface area contributed by atoms with Gasteiger partial charge in [0.05, 0.1) is 18.3 Å². The topological polar surface area (TPSA) is 94.7 Å². The highest BCUT2D eigenvalue weighted by molar-refractivity contribution is 7.18. The molecular weight excluding hydrogens is 340 g/mol. The lowest BCUT2D eigenvalue weighted by molar-refractivity contribution is -0.121. The molecule has 0 aromatic carbocycles. The number of rotatable bonds is 4. The van der Waals surface area contributed by atoms with Gasteiger partial charge >= 0.3 is 0 Å². The first-order chi connectivity index (χ1) is 12.0. The minimum Gasteiger partial charge on any atom is -0.347 e. The van der Waals surface area contributed by atoms with Crippen molar-refractivity contribution >= 4 is 27.5 Å². The van der Waals surface area contributed by atoms with E-state index < -0.39 is 0 Å². The second kappa shape index (κ2) is 6.07. The maximum Gasteiger partial charge on any atom is 0.262 e. The minimum absolute atomic E-state index is 0.0584. The van der Waals surface area contributed by atoms with Gasteiger partial charge in [0.15, 0.2) is 5.82 Å². The summed E-state index contributed by atoms with van der Waals surface area (Å²) >= 11 is 1.50. The molecule has 1 amide bonds. The molecule has 9 heteroatoms. The SMILES string of the molecule is Cc1sc2ncn(CC(=O)NCc3nnc4n3CCC4)c(=O)c2c1C. The van der Waals surface area contributed by atoms with Gasteiger partial charge in [-0.1, -0.05) is 0 Å². The molecule has 0 unspecified atom stereocenters. The van der Waals surface area contributed by atoms with E-state index in [1.807, 2.05) is 18.4 Å². The van der Waals surface area contributed by atoms with Gasteiger partial charge < -0.3 is 9.88 Å². The van der Waals surface area contributed by atoms with Crippen molar-refractivity contribution in [1.82, 2.24) is 29.6 Å². The third-order valence-electron chi connectivity index (χ3n) is 4.60. The van der Waals surface area contributed by atoms with E-state index in [0.29, 0.717) is 11.9 Å². The summed E-state index contributed by atoms with van der Waals surface area (Å²) in [6.07, 6.45) is 3.43. The lowest BCUT2D eigenvalue weighted by Gasteiger charge is -2.07. The monoisotopic (exact) mass is 358 g/mol. The number of nitrogens with one attached hydrogen (secondary N) is 1. The molecule has 0 radical (unpaired) electrons. The van der Waals surface area contributed by atoms with Crippen LogP contribution in [0.4, 0.5) is 0 Å². The molecule has 0 saturated heterocycles. The molecule has 3 aromatic heterocycles. The molecule has 4 rings (SSSR count). The van der Waals surface area contributed by atoms with Crippen molar-refractivity contribution in [2.75, 3.05) is 0 Å². The van der Waals surface area contributed by atoms with Gasteiger partial charge in [-0.15, -0.1) is 21.5 Å². The van der Waals surface area contributed by atoms with Crippen LogP contribution in [0, 0.1) is 13.8 Å². The van der Waals surface area contributed by atoms with E-state index in [4.69, 9.17) is 0 Å². The van der Waals surface area contributed by atoms with Gasteiger partial charge in [0.2, 0.25) is 5.91 Å². The summed E-state index contributed by atoms with van der Waals surface area (Å²) in [5.41, 5.74) is 0.761. The van der Waals surface area contributed by atoms with Gasteiger partial charge in [0, 0.05) is 17.8 Å². The van der Waals surface area contributed by atoms with Crippen molar-refractivity contribution in [3.05, 3.63) is 38.8 Å². The number of carbonyl (C=O) groups excluding carboxylic acids is 1. The Morgan fingerprint density at radius 3 is 3.04 bits per heavy atom. The average Bonchev–Trinajstić information content (AvgIpc) is 3.25. The molecule has 0 saturated carbocycles. The van der Waals surface area contributed by atoms with Gasteiger partial charge in [0.25, 0.3) is 5.56 Å². The van der Waals surface area contributed by atoms with Crippen molar-refractivity contribution in [3.8, 4) is 0 Å². The molecule has 0 atom stereocenters. The highest BCUT2D eigenvalue weighted by atomic mass is 32.1. The Labute approximate surface area is 147 Å². The van der Waals surface area contributed by atoms with E-state index >= 15 is 0 Å². The first kappa shape index (κ1) is 15.9. The number of carbonyl (C=O) groups is 1. The van der Waals surface area contributed by atoms with Crippen molar-refractivity contribution in [3.63, 3.8) is 0 Å². The predicted octanol–water partition coefficient (Wildman–Crippen LogP) is 0.929. The zero-order chi connectivity index (χ0) is 17.6. The maximum atomic E-state index is 12.6. The first-order valence-electron chi connectivity index (χ1n) is 8.17. The number of aromatic nitrogens is 5. The first-order valence-corrected chi connectivity index (χ1v) is 8.99. The lowest BCUT2D eigenvalue weighted by Crippen LogP contribution is -2.32. The second-order valence-corrected chi connectivity index (χ2v) is 7.41. The standard InChI is InChI=1S/C16H18N6O2S/c1-9-10(2)25-15-14(9)16(24)21(8-18-15)7-13(23)17-6-12-20-19-11-4-3-5-22(11)12/h8H,3-7H2,1-2H3,(H,17,23). The predicted molar refractivity (Wildman–Crippen MR) is 93.5 cm³/mol. The van der Waals surface area contributed by atoms with Crippen LogP contribution in [-0.4, -0.2) is 30.2 Å². The number of aryl methyl sites for hydroxylation is 3. The molecule has 130 valence electrons. The summed E-state index contributed by atoms with van der Waals surface area (Å²) in [5, 5.41) is 11.6. The number of thiophene rings is 1. The molecular formula is C16H18N6O2S. The molecule has 0 fully saturated rings. The van der Waals surface area contributed by atoms with Crippen LogP contribution in [-0.2, 0) is 30.8 Å². The smallest absolute Gasteiger partial charge is 0.262 e. The van der Waals surface area contributed by atoms with Crippen LogP contribution in [0.25, 0.3) is 10.2 Å². The number of fused-ring (bicyclic) bond motifs is 2. The molecule has 0 spiro atoms. The van der Waals surface area contributed by atoms with Gasteiger partial charge in [0.1, 0.15) is 17.2 Å². The van der Waals surface area contributed by atoms with Gasteiger partial charge in [-0.25, -0.2) is 4.98 Å². The van der Waals surface area contributed by atoms with Crippen molar-refractivity contribution in [1.29, 1.82) is 0 Å². The highest BCUT2D eigenvalue weighted by Crippen LogP contribution is 2.25. The Balaban J connectivity index is 1.49. The second-order valence-electron chi connectivity index (χ2n) is 6.21. The van der Waals surface area contributed by atoms with E-state index in [1.54, 1.807) is 0 Å². The normalized spacial score (nSPS) is 13.4. The van der Waals surface area contributed by atoms with E-state index in [1.165, 1.54) is 22.2 Å². The average molecular weight is 358 g/mol. The Morgan fingerprint density at radius 1 is 1.36 bits per heavy atom. The van der Waals surface area contributed by atoms with Crippen LogP contribution in [0.2, 0.25) is 0 Å². The van der Waals surface area contributed by atoms with Crippen molar-refractivity contribution < 1.29 is 4.79 Å².